The Balaban J connectivity index is 1.65. The van der Waals surface area contributed by atoms with E-state index >= 15 is 0 Å². The Bertz CT molecular complexity index is 1090. The topological polar surface area (TPSA) is 55.5 Å². The lowest BCUT2D eigenvalue weighted by atomic mass is 10.0. The maximum Gasteiger partial charge on any atom is 0.175 e. The lowest BCUT2D eigenvalue weighted by molar-refractivity contribution is 0.281. The third-order valence-electron chi connectivity index (χ3n) is 4.23. The van der Waals surface area contributed by atoms with Crippen LogP contribution in [0.5, 0.6) is 11.5 Å². The first-order valence-corrected chi connectivity index (χ1v) is 8.54. The molecule has 3 aromatic carbocycles. The Morgan fingerprint density at radius 3 is 2.29 bits per heavy atom. The highest BCUT2D eigenvalue weighted by Crippen LogP contribution is 2.34. The summed E-state index contributed by atoms with van der Waals surface area (Å²) in [5.74, 6) is -0.0697. The summed E-state index contributed by atoms with van der Waals surface area (Å²) in [4.78, 5) is 0. The molecule has 0 saturated heterocycles. The van der Waals surface area contributed by atoms with Crippen molar-refractivity contribution in [2.45, 2.75) is 6.61 Å². The molecule has 0 bridgehead atoms. The second-order valence-corrected chi connectivity index (χ2v) is 6.06. The summed E-state index contributed by atoms with van der Waals surface area (Å²) in [7, 11) is 0. The first kappa shape index (κ1) is 17.9. The minimum atomic E-state index is -0.788. The minimum Gasteiger partial charge on any atom is -0.457 e. The highest BCUT2D eigenvalue weighted by molar-refractivity contribution is 5.73. The number of nitrogens with zero attached hydrogens (tertiary/aromatic N) is 1. The second-order valence-electron chi connectivity index (χ2n) is 6.06. The number of hydrogen-bond acceptors (Lipinski definition) is 4. The summed E-state index contributed by atoms with van der Waals surface area (Å²) in [6.45, 7) is -0.409. The van der Waals surface area contributed by atoms with E-state index < -0.39 is 18.2 Å². The molecule has 0 aliphatic heterocycles. The zero-order valence-corrected chi connectivity index (χ0v) is 14.6. The molecule has 28 heavy (non-hydrogen) atoms. The molecule has 0 saturated carbocycles. The number of para-hydroxylation sites is 1. The van der Waals surface area contributed by atoms with Crippen molar-refractivity contribution < 1.29 is 23.1 Å². The molecule has 4 rings (SSSR count). The van der Waals surface area contributed by atoms with Crippen molar-refractivity contribution in [1.82, 2.24) is 5.16 Å². The van der Waals surface area contributed by atoms with Gasteiger partial charge in [-0.3, -0.25) is 0 Å². The highest BCUT2D eigenvalue weighted by Gasteiger charge is 2.21. The molecular formula is C22H15F2NO3. The van der Waals surface area contributed by atoms with Crippen LogP contribution in [0.25, 0.3) is 22.6 Å². The average molecular weight is 379 g/mol. The molecule has 4 nitrogen and oxygen atoms in total. The molecule has 0 aliphatic rings. The van der Waals surface area contributed by atoms with Crippen LogP contribution in [-0.4, -0.2) is 10.3 Å². The van der Waals surface area contributed by atoms with Crippen molar-refractivity contribution >= 4 is 0 Å². The summed E-state index contributed by atoms with van der Waals surface area (Å²) in [5, 5.41) is 13.8. The van der Waals surface area contributed by atoms with Crippen molar-refractivity contribution in [1.29, 1.82) is 0 Å². The number of aliphatic hydroxyl groups excluding tert-OH is 1. The van der Waals surface area contributed by atoms with E-state index in [-0.39, 0.29) is 11.3 Å². The van der Waals surface area contributed by atoms with Gasteiger partial charge in [0.25, 0.3) is 0 Å². The van der Waals surface area contributed by atoms with Gasteiger partial charge in [0.15, 0.2) is 5.76 Å². The molecule has 0 radical (unpaired) electrons. The quantitative estimate of drug-likeness (QED) is 0.492. The molecule has 6 heteroatoms. The van der Waals surface area contributed by atoms with Gasteiger partial charge in [-0.25, -0.2) is 8.78 Å². The van der Waals surface area contributed by atoms with E-state index in [1.54, 1.807) is 24.3 Å². The van der Waals surface area contributed by atoms with Crippen LogP contribution in [0.3, 0.4) is 0 Å². The van der Waals surface area contributed by atoms with Gasteiger partial charge in [0.1, 0.15) is 28.8 Å². The van der Waals surface area contributed by atoms with Gasteiger partial charge in [-0.2, -0.15) is 0 Å². The smallest absolute Gasteiger partial charge is 0.175 e. The van der Waals surface area contributed by atoms with Crippen molar-refractivity contribution in [3.8, 4) is 34.1 Å². The number of benzene rings is 3. The fraction of sp³-hybridized carbons (Fsp3) is 0.0455. The maximum absolute atomic E-state index is 14.1. The van der Waals surface area contributed by atoms with E-state index in [9.17, 15) is 13.9 Å². The number of aliphatic hydroxyl groups is 1. The van der Waals surface area contributed by atoms with E-state index in [2.05, 4.69) is 5.16 Å². The predicted molar refractivity (Wildman–Crippen MR) is 99.7 cm³/mol. The molecule has 0 unspecified atom stereocenters. The van der Waals surface area contributed by atoms with Crippen LogP contribution >= 0.6 is 0 Å². The normalized spacial score (nSPS) is 10.8. The summed E-state index contributed by atoms with van der Waals surface area (Å²) in [5.41, 5.74) is 1.41. The van der Waals surface area contributed by atoms with Crippen molar-refractivity contribution in [2.75, 3.05) is 0 Å². The van der Waals surface area contributed by atoms with Gasteiger partial charge in [0.2, 0.25) is 0 Å². The Hall–Kier alpha value is -3.51. The zero-order chi connectivity index (χ0) is 19.5. The van der Waals surface area contributed by atoms with Crippen LogP contribution in [0.1, 0.15) is 5.56 Å². The third-order valence-corrected chi connectivity index (χ3v) is 4.23. The van der Waals surface area contributed by atoms with Crippen LogP contribution in [-0.2, 0) is 6.61 Å². The predicted octanol–water partition coefficient (Wildman–Crippen LogP) is 5.57. The summed E-state index contributed by atoms with van der Waals surface area (Å²) >= 11 is 0. The molecule has 0 spiro atoms. The zero-order valence-electron chi connectivity index (χ0n) is 14.6. The van der Waals surface area contributed by atoms with E-state index in [1.807, 2.05) is 30.3 Å². The third kappa shape index (κ3) is 3.50. The Morgan fingerprint density at radius 2 is 1.61 bits per heavy atom. The summed E-state index contributed by atoms with van der Waals surface area (Å²) in [6.07, 6.45) is 0. The largest absolute Gasteiger partial charge is 0.457 e. The van der Waals surface area contributed by atoms with Crippen LogP contribution in [0.15, 0.2) is 77.3 Å². The monoisotopic (exact) mass is 379 g/mol. The van der Waals surface area contributed by atoms with Crippen LogP contribution < -0.4 is 4.74 Å². The second kappa shape index (κ2) is 7.62. The number of aromatic nitrogens is 1. The van der Waals surface area contributed by atoms with Crippen LogP contribution in [0, 0.1) is 11.6 Å². The maximum atomic E-state index is 14.1. The summed E-state index contributed by atoms with van der Waals surface area (Å²) in [6, 6.07) is 19.5. The molecule has 4 aromatic rings. The molecular weight excluding hydrogens is 364 g/mol. The lowest BCUT2D eigenvalue weighted by Gasteiger charge is -2.06. The van der Waals surface area contributed by atoms with Crippen LogP contribution in [0.2, 0.25) is 0 Å². The lowest BCUT2D eigenvalue weighted by Crippen LogP contribution is -1.92. The Kier molecular flexibility index (Phi) is 4.87. The number of halogens is 2. The van der Waals surface area contributed by atoms with E-state index in [0.29, 0.717) is 28.3 Å². The van der Waals surface area contributed by atoms with E-state index in [1.165, 1.54) is 6.07 Å². The van der Waals surface area contributed by atoms with E-state index in [4.69, 9.17) is 9.26 Å². The number of rotatable bonds is 5. The number of hydrogen-bond donors (Lipinski definition) is 1. The van der Waals surface area contributed by atoms with Gasteiger partial charge in [-0.1, -0.05) is 23.4 Å². The van der Waals surface area contributed by atoms with Crippen molar-refractivity contribution in [3.63, 3.8) is 0 Å². The SMILES string of the molecule is OCc1c(-c2ccc(Oc3ccccc3)cc2)noc1-c1ccc(F)cc1F. The van der Waals surface area contributed by atoms with Gasteiger partial charge in [-0.15, -0.1) is 0 Å². The van der Waals surface area contributed by atoms with Gasteiger partial charge < -0.3 is 14.4 Å². The Morgan fingerprint density at radius 1 is 0.893 bits per heavy atom. The van der Waals surface area contributed by atoms with Gasteiger partial charge in [-0.05, 0) is 48.5 Å². The molecule has 140 valence electrons. The van der Waals surface area contributed by atoms with Gasteiger partial charge in [0.05, 0.1) is 17.7 Å². The first-order chi connectivity index (χ1) is 13.7. The molecule has 0 fully saturated rings. The molecule has 1 aromatic heterocycles. The summed E-state index contributed by atoms with van der Waals surface area (Å²) < 4.78 is 38.3. The fourth-order valence-corrected chi connectivity index (χ4v) is 2.87. The van der Waals surface area contributed by atoms with Crippen molar-refractivity contribution in [3.05, 3.63) is 90.0 Å². The molecule has 1 N–H and O–H groups in total. The number of ether oxygens (including phenoxy) is 1. The van der Waals surface area contributed by atoms with E-state index in [0.717, 1.165) is 12.1 Å². The molecule has 0 amide bonds. The van der Waals surface area contributed by atoms with Crippen molar-refractivity contribution in [2.24, 2.45) is 0 Å². The molecule has 0 atom stereocenters. The Labute approximate surface area is 159 Å². The van der Waals surface area contributed by atoms with Gasteiger partial charge in [0, 0.05) is 11.6 Å². The highest BCUT2D eigenvalue weighted by atomic mass is 19.1. The standard InChI is InChI=1S/C22H15F2NO3/c23-15-8-11-18(20(24)12-15)22-19(13-26)21(25-28-22)14-6-9-17(10-7-14)27-16-4-2-1-3-5-16/h1-12,26H,13H2. The average Bonchev–Trinajstić information content (AvgIpc) is 3.13. The fourth-order valence-electron chi connectivity index (χ4n) is 2.87. The minimum absolute atomic E-state index is 0.0354. The van der Waals surface area contributed by atoms with Gasteiger partial charge >= 0.3 is 0 Å². The first-order valence-electron chi connectivity index (χ1n) is 8.54. The molecule has 1 heterocycles. The molecule has 0 aliphatic carbocycles. The van der Waals surface area contributed by atoms with Crippen LogP contribution in [0.4, 0.5) is 8.78 Å².